The minimum Gasteiger partial charge on any atom is -0.453 e. The molecular weight excluding hydrogens is 362 g/mol. The number of rotatable bonds is 3. The number of carbonyl (C=O) groups excluding carboxylic acids is 1. The van der Waals surface area contributed by atoms with E-state index in [2.05, 4.69) is 26.0 Å². The molecule has 0 aromatic heterocycles. The van der Waals surface area contributed by atoms with E-state index in [0.29, 0.717) is 17.4 Å². The van der Waals surface area contributed by atoms with Crippen molar-refractivity contribution in [3.8, 4) is 0 Å². The summed E-state index contributed by atoms with van der Waals surface area (Å²) in [5, 5.41) is 2.60. The number of alkyl carbamates (subject to hydrolysis) is 1. The largest absolute Gasteiger partial charge is 0.453 e. The van der Waals surface area contributed by atoms with Crippen LogP contribution in [-0.2, 0) is 14.8 Å². The van der Waals surface area contributed by atoms with Crippen molar-refractivity contribution in [3.63, 3.8) is 0 Å². The Labute approximate surface area is 131 Å². The zero-order valence-corrected chi connectivity index (χ0v) is 13.8. The fourth-order valence-electron chi connectivity index (χ4n) is 2.18. The van der Waals surface area contributed by atoms with Gasteiger partial charge in [-0.2, -0.15) is 4.31 Å². The van der Waals surface area contributed by atoms with E-state index in [9.17, 15) is 13.2 Å². The first-order valence-electron chi connectivity index (χ1n) is 6.24. The van der Waals surface area contributed by atoms with Crippen molar-refractivity contribution in [3.05, 3.63) is 22.7 Å². The number of nitrogen functional groups attached to an aromatic ring is 1. The van der Waals surface area contributed by atoms with E-state index in [4.69, 9.17) is 5.73 Å². The highest BCUT2D eigenvalue weighted by atomic mass is 79.9. The maximum atomic E-state index is 12.6. The zero-order valence-electron chi connectivity index (χ0n) is 11.4. The third-order valence-corrected chi connectivity index (χ3v) is 5.68. The van der Waals surface area contributed by atoms with Crippen molar-refractivity contribution < 1.29 is 17.9 Å². The molecule has 1 atom stereocenters. The summed E-state index contributed by atoms with van der Waals surface area (Å²) in [4.78, 5) is 11.2. The number of halogens is 1. The second-order valence-electron chi connectivity index (χ2n) is 4.67. The lowest BCUT2D eigenvalue weighted by molar-refractivity contribution is 0.167. The van der Waals surface area contributed by atoms with Crippen LogP contribution in [0.25, 0.3) is 0 Å². The lowest BCUT2D eigenvalue weighted by Gasteiger charge is -2.18. The topological polar surface area (TPSA) is 102 Å². The number of carbonyl (C=O) groups is 1. The number of hydrogen-bond acceptors (Lipinski definition) is 5. The molecule has 7 nitrogen and oxygen atoms in total. The minimum absolute atomic E-state index is 0.0735. The highest BCUT2D eigenvalue weighted by Crippen LogP contribution is 2.27. The van der Waals surface area contributed by atoms with Gasteiger partial charge in [-0.15, -0.1) is 0 Å². The number of methoxy groups -OCH3 is 1. The Balaban J connectivity index is 2.16. The molecule has 1 aliphatic heterocycles. The van der Waals surface area contributed by atoms with E-state index in [-0.39, 0.29) is 23.2 Å². The standard InChI is InChI=1S/C12H16BrN3O4S/c1-20-12(17)15-9-4-5-16(7-9)21(18,19)11-3-2-8(13)6-10(11)14/h2-3,6,9H,4-5,7,14H2,1H3,(H,15,17). The minimum atomic E-state index is -3.67. The first kappa shape index (κ1) is 16.1. The zero-order chi connectivity index (χ0) is 15.6. The molecule has 116 valence electrons. The van der Waals surface area contributed by atoms with Crippen LogP contribution < -0.4 is 11.1 Å². The maximum Gasteiger partial charge on any atom is 0.407 e. The summed E-state index contributed by atoms with van der Waals surface area (Å²) in [7, 11) is -2.40. The molecule has 1 aliphatic rings. The van der Waals surface area contributed by atoms with Gasteiger partial charge in [0.2, 0.25) is 10.0 Å². The Bertz CT molecular complexity index is 650. The first-order valence-corrected chi connectivity index (χ1v) is 8.47. The fourth-order valence-corrected chi connectivity index (χ4v) is 4.16. The van der Waals surface area contributed by atoms with Crippen molar-refractivity contribution >= 4 is 37.7 Å². The van der Waals surface area contributed by atoms with Crippen LogP contribution >= 0.6 is 15.9 Å². The Morgan fingerprint density at radius 2 is 2.24 bits per heavy atom. The summed E-state index contributed by atoms with van der Waals surface area (Å²) in [6.45, 7) is 0.527. The summed E-state index contributed by atoms with van der Waals surface area (Å²) in [5.74, 6) is 0. The van der Waals surface area contributed by atoms with E-state index in [0.717, 1.165) is 0 Å². The fraction of sp³-hybridized carbons (Fsp3) is 0.417. The number of hydrogen-bond donors (Lipinski definition) is 2. The monoisotopic (exact) mass is 377 g/mol. The number of nitrogens with two attached hydrogens (primary N) is 1. The molecule has 1 aromatic carbocycles. The molecule has 9 heteroatoms. The predicted molar refractivity (Wildman–Crippen MR) is 81.3 cm³/mol. The molecule has 21 heavy (non-hydrogen) atoms. The van der Waals surface area contributed by atoms with Gasteiger partial charge in [-0.05, 0) is 24.6 Å². The second kappa shape index (κ2) is 6.20. The summed E-state index contributed by atoms with van der Waals surface area (Å²) < 4.78 is 31.6. The van der Waals surface area contributed by atoms with Crippen LogP contribution in [0, 0.1) is 0 Å². The molecule has 1 fully saturated rings. The van der Waals surface area contributed by atoms with Crippen LogP contribution in [-0.4, -0.2) is 45.1 Å². The molecule has 1 unspecified atom stereocenters. The number of nitrogens with one attached hydrogen (secondary N) is 1. The quantitative estimate of drug-likeness (QED) is 0.769. The van der Waals surface area contributed by atoms with Crippen molar-refractivity contribution in [1.29, 1.82) is 0 Å². The SMILES string of the molecule is COC(=O)NC1CCN(S(=O)(=O)c2ccc(Br)cc2N)C1. The van der Waals surface area contributed by atoms with Gasteiger partial charge >= 0.3 is 6.09 Å². The van der Waals surface area contributed by atoms with Crippen LogP contribution in [0.3, 0.4) is 0 Å². The maximum absolute atomic E-state index is 12.6. The molecule has 3 N–H and O–H groups in total. The Hall–Kier alpha value is -1.32. The van der Waals surface area contributed by atoms with Crippen LogP contribution in [0.15, 0.2) is 27.6 Å². The van der Waals surface area contributed by atoms with Crippen LogP contribution in [0.5, 0.6) is 0 Å². The molecule has 1 amide bonds. The van der Waals surface area contributed by atoms with Gasteiger partial charge in [-0.25, -0.2) is 13.2 Å². The number of benzene rings is 1. The third kappa shape index (κ3) is 3.47. The number of ether oxygens (including phenoxy) is 1. The smallest absolute Gasteiger partial charge is 0.407 e. The third-order valence-electron chi connectivity index (χ3n) is 3.25. The Kier molecular flexibility index (Phi) is 4.74. The molecule has 1 aromatic rings. The van der Waals surface area contributed by atoms with Gasteiger partial charge < -0.3 is 15.8 Å². The van der Waals surface area contributed by atoms with Crippen LogP contribution in [0.4, 0.5) is 10.5 Å². The number of sulfonamides is 1. The molecule has 0 saturated carbocycles. The molecule has 0 spiro atoms. The number of anilines is 1. The van der Waals surface area contributed by atoms with Crippen molar-refractivity contribution in [2.45, 2.75) is 17.4 Å². The summed E-state index contributed by atoms with van der Waals surface area (Å²) in [6.07, 6.45) is -0.0347. The normalized spacial score (nSPS) is 19.4. The average Bonchev–Trinajstić information content (AvgIpc) is 2.87. The van der Waals surface area contributed by atoms with Crippen molar-refractivity contribution in [2.24, 2.45) is 0 Å². The van der Waals surface area contributed by atoms with Gasteiger partial charge in [0.15, 0.2) is 0 Å². The lowest BCUT2D eigenvalue weighted by atomic mass is 10.3. The van der Waals surface area contributed by atoms with Gasteiger partial charge in [0.05, 0.1) is 12.8 Å². The molecule has 0 bridgehead atoms. The highest BCUT2D eigenvalue weighted by molar-refractivity contribution is 9.10. The van der Waals surface area contributed by atoms with E-state index < -0.39 is 16.1 Å². The second-order valence-corrected chi connectivity index (χ2v) is 7.49. The van der Waals surface area contributed by atoms with E-state index in [1.54, 1.807) is 12.1 Å². The Morgan fingerprint density at radius 1 is 1.52 bits per heavy atom. The van der Waals surface area contributed by atoms with Gasteiger partial charge in [0, 0.05) is 23.6 Å². The summed E-state index contributed by atoms with van der Waals surface area (Å²) in [6, 6.07) is 4.39. The van der Waals surface area contributed by atoms with Crippen molar-refractivity contribution in [2.75, 3.05) is 25.9 Å². The van der Waals surface area contributed by atoms with Crippen molar-refractivity contribution in [1.82, 2.24) is 9.62 Å². The molecule has 0 aliphatic carbocycles. The number of amides is 1. The molecule has 2 rings (SSSR count). The molecule has 1 saturated heterocycles. The van der Waals surface area contributed by atoms with Gasteiger partial charge in [0.25, 0.3) is 0 Å². The summed E-state index contributed by atoms with van der Waals surface area (Å²) >= 11 is 3.24. The number of nitrogens with zero attached hydrogens (tertiary/aromatic N) is 1. The average molecular weight is 378 g/mol. The van der Waals surface area contributed by atoms with E-state index >= 15 is 0 Å². The van der Waals surface area contributed by atoms with Crippen LogP contribution in [0.2, 0.25) is 0 Å². The predicted octanol–water partition coefficient (Wildman–Crippen LogP) is 1.15. The lowest BCUT2D eigenvalue weighted by Crippen LogP contribution is -2.38. The molecule has 1 heterocycles. The first-order chi connectivity index (χ1) is 9.84. The van der Waals surface area contributed by atoms with E-state index in [1.807, 2.05) is 0 Å². The van der Waals surface area contributed by atoms with Gasteiger partial charge in [0.1, 0.15) is 4.90 Å². The van der Waals surface area contributed by atoms with E-state index in [1.165, 1.54) is 17.5 Å². The molecular formula is C12H16BrN3O4S. The Morgan fingerprint density at radius 3 is 2.86 bits per heavy atom. The van der Waals surface area contributed by atoms with Gasteiger partial charge in [-0.3, -0.25) is 0 Å². The summed E-state index contributed by atoms with van der Waals surface area (Å²) in [5.41, 5.74) is 5.98. The highest BCUT2D eigenvalue weighted by Gasteiger charge is 2.34. The van der Waals surface area contributed by atoms with Gasteiger partial charge in [-0.1, -0.05) is 15.9 Å². The van der Waals surface area contributed by atoms with Crippen LogP contribution in [0.1, 0.15) is 6.42 Å². The molecule has 0 radical (unpaired) electrons.